The van der Waals surface area contributed by atoms with Gasteiger partial charge in [0.1, 0.15) is 29.5 Å². The van der Waals surface area contributed by atoms with E-state index in [4.69, 9.17) is 4.74 Å². The first-order valence-electron chi connectivity index (χ1n) is 11.4. The Morgan fingerprint density at radius 3 is 2.73 bits per heavy atom. The molecule has 1 aliphatic heterocycles. The van der Waals surface area contributed by atoms with Crippen molar-refractivity contribution in [1.29, 1.82) is 0 Å². The zero-order valence-corrected chi connectivity index (χ0v) is 19.3. The third kappa shape index (κ3) is 4.79. The van der Waals surface area contributed by atoms with Crippen LogP contribution in [0.2, 0.25) is 0 Å². The highest BCUT2D eigenvalue weighted by molar-refractivity contribution is 5.87. The number of anilines is 1. The number of rotatable bonds is 8. The Kier molecular flexibility index (Phi) is 5.86. The molecular formula is C24H20F2N10O. The molecule has 4 aromatic heterocycles. The van der Waals surface area contributed by atoms with E-state index in [-0.39, 0.29) is 6.54 Å². The van der Waals surface area contributed by atoms with Gasteiger partial charge in [0.05, 0.1) is 36.2 Å². The van der Waals surface area contributed by atoms with Gasteiger partial charge in [-0.1, -0.05) is 0 Å². The highest BCUT2D eigenvalue weighted by atomic mass is 19.1. The molecule has 0 aliphatic carbocycles. The summed E-state index contributed by atoms with van der Waals surface area (Å²) in [6.45, 7) is 1.38. The topological polar surface area (TPSA) is 117 Å². The first kappa shape index (κ1) is 22.5. The molecule has 37 heavy (non-hydrogen) atoms. The van der Waals surface area contributed by atoms with Gasteiger partial charge in [0.15, 0.2) is 11.5 Å². The lowest BCUT2D eigenvalue weighted by atomic mass is 10.1. The summed E-state index contributed by atoms with van der Waals surface area (Å²) in [5, 5.41) is 18.0. The van der Waals surface area contributed by atoms with E-state index in [1.807, 2.05) is 23.3 Å². The molecule has 1 aliphatic rings. The summed E-state index contributed by atoms with van der Waals surface area (Å²) >= 11 is 0. The van der Waals surface area contributed by atoms with E-state index < -0.39 is 11.6 Å². The molecule has 0 radical (unpaired) electrons. The van der Waals surface area contributed by atoms with Crippen molar-refractivity contribution in [2.75, 3.05) is 18.5 Å². The second-order valence-corrected chi connectivity index (χ2v) is 8.13. The van der Waals surface area contributed by atoms with E-state index in [1.165, 1.54) is 16.6 Å². The van der Waals surface area contributed by atoms with Crippen LogP contribution in [0, 0.1) is 11.6 Å². The van der Waals surface area contributed by atoms with Crippen molar-refractivity contribution in [2.45, 2.75) is 6.54 Å². The van der Waals surface area contributed by atoms with E-state index in [2.05, 4.69) is 41.5 Å². The molecule has 13 heteroatoms. The smallest absolute Gasteiger partial charge is 0.178 e. The number of aromatic nitrogens is 6. The van der Waals surface area contributed by atoms with Crippen molar-refractivity contribution in [3.63, 3.8) is 0 Å². The van der Waals surface area contributed by atoms with Crippen LogP contribution in [-0.2, 0) is 6.54 Å². The van der Waals surface area contributed by atoms with Gasteiger partial charge in [-0.05, 0) is 30.3 Å². The lowest BCUT2D eigenvalue weighted by Crippen LogP contribution is -2.37. The number of halogens is 2. The first-order valence-corrected chi connectivity index (χ1v) is 11.4. The van der Waals surface area contributed by atoms with Crippen LogP contribution in [0.15, 0.2) is 67.3 Å². The third-order valence-electron chi connectivity index (χ3n) is 5.62. The summed E-state index contributed by atoms with van der Waals surface area (Å²) in [5.74, 6) is -0.225. The van der Waals surface area contributed by atoms with Crippen molar-refractivity contribution in [3.05, 3.63) is 84.7 Å². The third-order valence-corrected chi connectivity index (χ3v) is 5.62. The minimum Gasteiger partial charge on any atom is -0.490 e. The van der Waals surface area contributed by atoms with Gasteiger partial charge in [-0.15, -0.1) is 15.7 Å². The zero-order valence-electron chi connectivity index (χ0n) is 19.3. The van der Waals surface area contributed by atoms with Crippen LogP contribution in [0.25, 0.3) is 27.9 Å². The number of hydrogen-bond donors (Lipinski definition) is 3. The number of fused-ring (bicyclic) bond motifs is 2. The SMILES string of the molecule is Fc1cc(F)cc(-c2ccc3nnc(CNc4ccnc5cc(OCCN6C=CNN6)cnc45)n3n2)c1. The van der Waals surface area contributed by atoms with E-state index >= 15 is 0 Å². The van der Waals surface area contributed by atoms with Gasteiger partial charge in [-0.2, -0.15) is 9.61 Å². The van der Waals surface area contributed by atoms with Crippen LogP contribution >= 0.6 is 0 Å². The predicted molar refractivity (Wildman–Crippen MR) is 131 cm³/mol. The molecule has 0 spiro atoms. The summed E-state index contributed by atoms with van der Waals surface area (Å²) in [7, 11) is 0. The van der Waals surface area contributed by atoms with E-state index in [0.29, 0.717) is 52.7 Å². The summed E-state index contributed by atoms with van der Waals surface area (Å²) in [6, 6.07) is 10.3. The molecule has 1 aromatic carbocycles. The standard InChI is InChI=1S/C24H20F2N10O/c25-16-9-15(10-17(26)11-16)19-1-2-22-31-32-23(36(22)33-19)14-28-20-3-4-27-21-12-18(13-29-24(20)21)37-8-7-35-6-5-30-34-35/h1-6,9-13,30,34H,7-8,14H2,(H,27,28). The monoisotopic (exact) mass is 502 g/mol. The molecule has 0 unspecified atom stereocenters. The molecule has 0 saturated heterocycles. The molecule has 6 rings (SSSR count). The second-order valence-electron chi connectivity index (χ2n) is 8.13. The Morgan fingerprint density at radius 2 is 1.89 bits per heavy atom. The van der Waals surface area contributed by atoms with Crippen LogP contribution < -0.4 is 21.0 Å². The normalized spacial score (nSPS) is 12.9. The quantitative estimate of drug-likeness (QED) is 0.292. The molecule has 3 N–H and O–H groups in total. The molecular weight excluding hydrogens is 482 g/mol. The maximum atomic E-state index is 13.7. The van der Waals surface area contributed by atoms with Crippen LogP contribution in [0.3, 0.4) is 0 Å². The van der Waals surface area contributed by atoms with E-state index in [9.17, 15) is 8.78 Å². The molecule has 0 bridgehead atoms. The fraction of sp³-hybridized carbons (Fsp3) is 0.125. The van der Waals surface area contributed by atoms with E-state index in [1.54, 1.807) is 30.7 Å². The Morgan fingerprint density at radius 1 is 1.00 bits per heavy atom. The van der Waals surface area contributed by atoms with Gasteiger partial charge >= 0.3 is 0 Å². The molecule has 186 valence electrons. The van der Waals surface area contributed by atoms with Crippen LogP contribution in [0.1, 0.15) is 5.82 Å². The fourth-order valence-corrected chi connectivity index (χ4v) is 3.88. The second kappa shape index (κ2) is 9.62. The summed E-state index contributed by atoms with van der Waals surface area (Å²) in [4.78, 5) is 8.94. The highest BCUT2D eigenvalue weighted by Gasteiger charge is 2.12. The van der Waals surface area contributed by atoms with Crippen LogP contribution in [0.4, 0.5) is 14.5 Å². The Balaban J connectivity index is 1.19. The van der Waals surface area contributed by atoms with Gasteiger partial charge < -0.3 is 15.5 Å². The van der Waals surface area contributed by atoms with Gasteiger partial charge in [0.2, 0.25) is 0 Å². The average molecular weight is 502 g/mol. The lowest BCUT2D eigenvalue weighted by Gasteiger charge is -2.15. The minimum absolute atomic E-state index is 0.276. The maximum Gasteiger partial charge on any atom is 0.178 e. The Hall–Kier alpha value is -4.91. The van der Waals surface area contributed by atoms with Gasteiger partial charge in [-0.3, -0.25) is 9.99 Å². The van der Waals surface area contributed by atoms with Gasteiger partial charge in [-0.25, -0.2) is 13.8 Å². The minimum atomic E-state index is -0.675. The predicted octanol–water partition coefficient (Wildman–Crippen LogP) is 2.80. The molecule has 0 atom stereocenters. The van der Waals surface area contributed by atoms with Crippen LogP contribution in [-0.4, -0.2) is 47.9 Å². The molecule has 0 amide bonds. The van der Waals surface area contributed by atoms with Crippen molar-refractivity contribution in [1.82, 2.24) is 45.7 Å². The summed E-state index contributed by atoms with van der Waals surface area (Å²) in [6.07, 6.45) is 6.99. The summed E-state index contributed by atoms with van der Waals surface area (Å²) in [5.41, 5.74) is 9.11. The van der Waals surface area contributed by atoms with Crippen molar-refractivity contribution in [3.8, 4) is 17.0 Å². The molecule has 5 heterocycles. The number of hydrazine groups is 2. The number of benzene rings is 1. The maximum absolute atomic E-state index is 13.7. The number of nitrogens with one attached hydrogen (secondary N) is 3. The largest absolute Gasteiger partial charge is 0.490 e. The van der Waals surface area contributed by atoms with Crippen molar-refractivity contribution < 1.29 is 13.5 Å². The van der Waals surface area contributed by atoms with Gasteiger partial charge in [0.25, 0.3) is 0 Å². The Labute approximate surface area is 208 Å². The Bertz CT molecular complexity index is 1600. The number of pyridine rings is 2. The van der Waals surface area contributed by atoms with Crippen molar-refractivity contribution >= 4 is 22.4 Å². The zero-order chi connectivity index (χ0) is 25.2. The number of hydrogen-bond acceptors (Lipinski definition) is 10. The molecule has 5 aromatic rings. The molecule has 11 nitrogen and oxygen atoms in total. The summed E-state index contributed by atoms with van der Waals surface area (Å²) < 4.78 is 34.7. The molecule has 0 fully saturated rings. The number of nitrogens with zero attached hydrogens (tertiary/aromatic N) is 7. The number of ether oxygens (including phenoxy) is 1. The average Bonchev–Trinajstić information content (AvgIpc) is 3.56. The van der Waals surface area contributed by atoms with Crippen LogP contribution in [0.5, 0.6) is 5.75 Å². The van der Waals surface area contributed by atoms with Gasteiger partial charge in [0, 0.05) is 36.3 Å². The fourth-order valence-electron chi connectivity index (χ4n) is 3.88. The first-order chi connectivity index (χ1) is 18.1. The van der Waals surface area contributed by atoms with Crippen molar-refractivity contribution in [2.24, 2.45) is 0 Å². The molecule has 0 saturated carbocycles. The highest BCUT2D eigenvalue weighted by Crippen LogP contribution is 2.24. The lowest BCUT2D eigenvalue weighted by molar-refractivity contribution is 0.208. The van der Waals surface area contributed by atoms with E-state index in [0.717, 1.165) is 11.8 Å².